The molecule has 1 aromatic rings. The van der Waals surface area contributed by atoms with E-state index in [1.165, 1.54) is 5.56 Å². The molecule has 19 heavy (non-hydrogen) atoms. The van der Waals surface area contributed by atoms with E-state index in [1.807, 2.05) is 12.1 Å². The van der Waals surface area contributed by atoms with Crippen LogP contribution in [0.3, 0.4) is 0 Å². The lowest BCUT2D eigenvalue weighted by Gasteiger charge is -2.20. The molecule has 0 saturated heterocycles. The van der Waals surface area contributed by atoms with Crippen molar-refractivity contribution in [3.8, 4) is 0 Å². The Morgan fingerprint density at radius 1 is 1.53 bits per heavy atom. The van der Waals surface area contributed by atoms with Crippen LogP contribution in [0.1, 0.15) is 37.8 Å². The standard InChI is InChI=1S/C14H20BrN3O/c1-10(11-4-2-3-5-12(11)15)17-9-14(6-7-14)8-13(16)18-19/h2-5,10,17,19H,6-9H2,1H3,(H2,16,18)/t10-/m0/s1. The number of oxime groups is 1. The van der Waals surface area contributed by atoms with Gasteiger partial charge in [-0.05, 0) is 36.8 Å². The van der Waals surface area contributed by atoms with Gasteiger partial charge in [-0.15, -0.1) is 0 Å². The van der Waals surface area contributed by atoms with E-state index in [4.69, 9.17) is 10.9 Å². The Morgan fingerprint density at radius 2 is 2.21 bits per heavy atom. The Balaban J connectivity index is 1.91. The Hall–Kier alpha value is -1.07. The quantitative estimate of drug-likeness (QED) is 0.326. The molecule has 1 atom stereocenters. The Kier molecular flexibility index (Phi) is 4.47. The molecule has 0 aromatic heterocycles. The average Bonchev–Trinajstić information content (AvgIpc) is 3.16. The largest absolute Gasteiger partial charge is 0.409 e. The van der Waals surface area contributed by atoms with Crippen LogP contribution in [-0.4, -0.2) is 17.6 Å². The third-order valence-electron chi connectivity index (χ3n) is 3.80. The molecule has 0 radical (unpaired) electrons. The van der Waals surface area contributed by atoms with Gasteiger partial charge in [0.25, 0.3) is 0 Å². The average molecular weight is 326 g/mol. The Labute approximate surface area is 122 Å². The molecule has 1 aliphatic carbocycles. The number of benzene rings is 1. The van der Waals surface area contributed by atoms with Crippen molar-refractivity contribution in [2.24, 2.45) is 16.3 Å². The summed E-state index contributed by atoms with van der Waals surface area (Å²) in [5.74, 6) is 0.327. The monoisotopic (exact) mass is 325 g/mol. The molecule has 0 amide bonds. The smallest absolute Gasteiger partial charge is 0.139 e. The van der Waals surface area contributed by atoms with Crippen molar-refractivity contribution in [3.05, 3.63) is 34.3 Å². The fraction of sp³-hybridized carbons (Fsp3) is 0.500. The Bertz CT molecular complexity index is 472. The van der Waals surface area contributed by atoms with Crippen molar-refractivity contribution in [3.63, 3.8) is 0 Å². The molecule has 0 unspecified atom stereocenters. The fourth-order valence-electron chi connectivity index (χ4n) is 2.32. The lowest BCUT2D eigenvalue weighted by atomic mass is 10.0. The maximum absolute atomic E-state index is 8.65. The summed E-state index contributed by atoms with van der Waals surface area (Å²) >= 11 is 3.57. The third kappa shape index (κ3) is 3.70. The minimum Gasteiger partial charge on any atom is -0.409 e. The van der Waals surface area contributed by atoms with Gasteiger partial charge in [-0.2, -0.15) is 0 Å². The van der Waals surface area contributed by atoms with Crippen LogP contribution in [0, 0.1) is 5.41 Å². The first-order chi connectivity index (χ1) is 9.06. The molecule has 0 bridgehead atoms. The normalized spacial score (nSPS) is 19.2. The summed E-state index contributed by atoms with van der Waals surface area (Å²) in [6.07, 6.45) is 2.94. The van der Waals surface area contributed by atoms with Gasteiger partial charge in [0.2, 0.25) is 0 Å². The van der Waals surface area contributed by atoms with Crippen molar-refractivity contribution >= 4 is 21.8 Å². The molecule has 0 heterocycles. The number of nitrogens with zero attached hydrogens (tertiary/aromatic N) is 1. The second-order valence-corrected chi connectivity index (χ2v) is 6.25. The number of hydrogen-bond acceptors (Lipinski definition) is 3. The molecule has 5 heteroatoms. The zero-order valence-corrected chi connectivity index (χ0v) is 12.7. The summed E-state index contributed by atoms with van der Waals surface area (Å²) in [6, 6.07) is 8.50. The van der Waals surface area contributed by atoms with Crippen molar-refractivity contribution in [2.45, 2.75) is 32.2 Å². The first-order valence-corrected chi connectivity index (χ1v) is 7.30. The van der Waals surface area contributed by atoms with Gasteiger partial charge < -0.3 is 16.3 Å². The van der Waals surface area contributed by atoms with E-state index in [0.717, 1.165) is 23.9 Å². The van der Waals surface area contributed by atoms with Crippen LogP contribution in [-0.2, 0) is 0 Å². The number of halogens is 1. The molecule has 0 aliphatic heterocycles. The minimum atomic E-state index is 0.186. The highest BCUT2D eigenvalue weighted by Crippen LogP contribution is 2.48. The van der Waals surface area contributed by atoms with Crippen LogP contribution in [0.4, 0.5) is 0 Å². The number of nitrogens with one attached hydrogen (secondary N) is 1. The van der Waals surface area contributed by atoms with Crippen molar-refractivity contribution in [2.75, 3.05) is 6.54 Å². The van der Waals surface area contributed by atoms with Gasteiger partial charge >= 0.3 is 0 Å². The van der Waals surface area contributed by atoms with Crippen LogP contribution < -0.4 is 11.1 Å². The molecule has 2 rings (SSSR count). The van der Waals surface area contributed by atoms with Crippen molar-refractivity contribution in [1.82, 2.24) is 5.32 Å². The van der Waals surface area contributed by atoms with E-state index in [9.17, 15) is 0 Å². The van der Waals surface area contributed by atoms with Crippen LogP contribution in [0.2, 0.25) is 0 Å². The molecule has 4 N–H and O–H groups in total. The first kappa shape index (κ1) is 14.3. The molecule has 104 valence electrons. The van der Waals surface area contributed by atoms with Crippen molar-refractivity contribution < 1.29 is 5.21 Å². The third-order valence-corrected chi connectivity index (χ3v) is 4.52. The van der Waals surface area contributed by atoms with Gasteiger partial charge in [-0.25, -0.2) is 0 Å². The molecule has 1 aliphatic rings. The number of hydrogen-bond donors (Lipinski definition) is 3. The molecule has 1 saturated carbocycles. The maximum atomic E-state index is 8.65. The highest BCUT2D eigenvalue weighted by molar-refractivity contribution is 9.10. The predicted molar refractivity (Wildman–Crippen MR) is 80.3 cm³/mol. The highest BCUT2D eigenvalue weighted by Gasteiger charge is 2.43. The van der Waals surface area contributed by atoms with Crippen LogP contribution in [0.5, 0.6) is 0 Å². The number of nitrogens with two attached hydrogens (primary N) is 1. The van der Waals surface area contributed by atoms with Crippen molar-refractivity contribution in [1.29, 1.82) is 0 Å². The Morgan fingerprint density at radius 3 is 2.79 bits per heavy atom. The molecular formula is C14H20BrN3O. The topological polar surface area (TPSA) is 70.6 Å². The first-order valence-electron chi connectivity index (χ1n) is 6.50. The zero-order valence-electron chi connectivity index (χ0n) is 11.1. The second-order valence-electron chi connectivity index (χ2n) is 5.39. The van der Waals surface area contributed by atoms with Gasteiger partial charge in [0.05, 0.1) is 0 Å². The predicted octanol–water partition coefficient (Wildman–Crippen LogP) is 3.02. The molecular weight excluding hydrogens is 306 g/mol. The summed E-state index contributed by atoms with van der Waals surface area (Å²) in [6.45, 7) is 3.05. The fourth-order valence-corrected chi connectivity index (χ4v) is 2.95. The van der Waals surface area contributed by atoms with Crippen LogP contribution in [0.25, 0.3) is 0 Å². The summed E-state index contributed by atoms with van der Waals surface area (Å²) in [5, 5.41) is 15.3. The molecule has 1 fully saturated rings. The number of rotatable bonds is 6. The van der Waals surface area contributed by atoms with Crippen LogP contribution >= 0.6 is 15.9 Å². The van der Waals surface area contributed by atoms with Gasteiger partial charge in [0.15, 0.2) is 0 Å². The second kappa shape index (κ2) is 5.92. The summed E-state index contributed by atoms with van der Waals surface area (Å²) in [5.41, 5.74) is 7.04. The van der Waals surface area contributed by atoms with E-state index < -0.39 is 0 Å². The van der Waals surface area contributed by atoms with Gasteiger partial charge in [-0.1, -0.05) is 39.3 Å². The number of amidine groups is 1. The summed E-state index contributed by atoms with van der Waals surface area (Å²) in [4.78, 5) is 0. The molecule has 1 aromatic carbocycles. The summed E-state index contributed by atoms with van der Waals surface area (Å²) in [7, 11) is 0. The van der Waals surface area contributed by atoms with E-state index >= 15 is 0 Å². The highest BCUT2D eigenvalue weighted by atomic mass is 79.9. The maximum Gasteiger partial charge on any atom is 0.139 e. The molecule has 0 spiro atoms. The SMILES string of the molecule is C[C@H](NCC1(C/C(N)=N/O)CC1)c1ccccc1Br. The summed E-state index contributed by atoms with van der Waals surface area (Å²) < 4.78 is 1.12. The van der Waals surface area contributed by atoms with E-state index in [1.54, 1.807) is 0 Å². The van der Waals surface area contributed by atoms with E-state index in [2.05, 4.69) is 45.5 Å². The molecule has 4 nitrogen and oxygen atoms in total. The van der Waals surface area contributed by atoms with Crippen LogP contribution in [0.15, 0.2) is 33.9 Å². The van der Waals surface area contributed by atoms with E-state index in [-0.39, 0.29) is 11.5 Å². The van der Waals surface area contributed by atoms with Gasteiger partial charge in [0, 0.05) is 23.5 Å². The lowest BCUT2D eigenvalue weighted by Crippen LogP contribution is -2.30. The van der Waals surface area contributed by atoms with Gasteiger partial charge in [-0.3, -0.25) is 0 Å². The minimum absolute atomic E-state index is 0.186. The lowest BCUT2D eigenvalue weighted by molar-refractivity contribution is 0.313. The van der Waals surface area contributed by atoms with Gasteiger partial charge in [0.1, 0.15) is 5.84 Å². The zero-order chi connectivity index (χ0) is 13.9. The van der Waals surface area contributed by atoms with E-state index in [0.29, 0.717) is 12.3 Å².